The molecule has 0 bridgehead atoms. The third-order valence-electron chi connectivity index (χ3n) is 3.64. The second kappa shape index (κ2) is 4.67. The second-order valence-electron chi connectivity index (χ2n) is 5.23. The molecule has 0 amide bonds. The minimum atomic E-state index is 0.404. The Labute approximate surface area is 108 Å². The summed E-state index contributed by atoms with van der Waals surface area (Å²) in [5.41, 5.74) is 3.66. The Balaban J connectivity index is 1.96. The number of rotatable bonds is 1. The van der Waals surface area contributed by atoms with Gasteiger partial charge in [0.1, 0.15) is 0 Å². The maximum atomic E-state index is 4.56. The molecule has 1 aromatic carbocycles. The van der Waals surface area contributed by atoms with Gasteiger partial charge in [-0.05, 0) is 37.7 Å². The van der Waals surface area contributed by atoms with Gasteiger partial charge < -0.3 is 10.2 Å². The first-order chi connectivity index (χ1) is 8.72. The predicted molar refractivity (Wildman–Crippen MR) is 74.7 cm³/mol. The molecule has 3 rings (SSSR count). The first kappa shape index (κ1) is 11.6. The minimum absolute atomic E-state index is 0.404. The number of nitrogens with zero attached hydrogens (tertiary/aromatic N) is 2. The lowest BCUT2D eigenvalue weighted by molar-refractivity contribution is 0.241. The molecule has 0 saturated carbocycles. The molecular weight excluding hydrogens is 222 g/mol. The normalized spacial score (nSPS) is 21.3. The van der Waals surface area contributed by atoms with Crippen molar-refractivity contribution in [1.29, 1.82) is 0 Å². The van der Waals surface area contributed by atoms with Crippen molar-refractivity contribution in [2.24, 2.45) is 0 Å². The van der Waals surface area contributed by atoms with Crippen LogP contribution in [0.1, 0.15) is 17.2 Å². The SMILES string of the molecule is Cc1ccc2ncc(C3CN(C)CCN3)cc2c1. The molecule has 1 saturated heterocycles. The highest BCUT2D eigenvalue weighted by atomic mass is 15.2. The van der Waals surface area contributed by atoms with E-state index in [0.29, 0.717) is 6.04 Å². The molecule has 2 heterocycles. The van der Waals surface area contributed by atoms with Crippen LogP contribution in [0.25, 0.3) is 10.9 Å². The predicted octanol–water partition coefficient (Wildman–Crippen LogP) is 2.12. The van der Waals surface area contributed by atoms with Crippen molar-refractivity contribution in [3.8, 4) is 0 Å². The molecule has 1 fully saturated rings. The van der Waals surface area contributed by atoms with Crippen molar-refractivity contribution in [2.45, 2.75) is 13.0 Å². The zero-order valence-electron chi connectivity index (χ0n) is 11.0. The van der Waals surface area contributed by atoms with E-state index < -0.39 is 0 Å². The van der Waals surface area contributed by atoms with Gasteiger partial charge in [0.25, 0.3) is 0 Å². The van der Waals surface area contributed by atoms with Gasteiger partial charge in [-0.3, -0.25) is 4.98 Å². The number of nitrogens with one attached hydrogen (secondary N) is 1. The van der Waals surface area contributed by atoms with Crippen molar-refractivity contribution in [3.63, 3.8) is 0 Å². The number of hydrogen-bond donors (Lipinski definition) is 1. The van der Waals surface area contributed by atoms with Gasteiger partial charge in [0.15, 0.2) is 0 Å². The highest BCUT2D eigenvalue weighted by Gasteiger charge is 2.18. The van der Waals surface area contributed by atoms with E-state index in [1.165, 1.54) is 16.5 Å². The lowest BCUT2D eigenvalue weighted by Crippen LogP contribution is -2.43. The minimum Gasteiger partial charge on any atom is -0.308 e. The van der Waals surface area contributed by atoms with Crippen LogP contribution in [-0.4, -0.2) is 36.6 Å². The van der Waals surface area contributed by atoms with Crippen LogP contribution in [-0.2, 0) is 0 Å². The summed E-state index contributed by atoms with van der Waals surface area (Å²) in [6.45, 7) is 5.35. The molecule has 1 aliphatic rings. The lowest BCUT2D eigenvalue weighted by Gasteiger charge is -2.31. The maximum absolute atomic E-state index is 4.56. The summed E-state index contributed by atoms with van der Waals surface area (Å²) < 4.78 is 0. The van der Waals surface area contributed by atoms with E-state index in [1.54, 1.807) is 0 Å². The average molecular weight is 241 g/mol. The topological polar surface area (TPSA) is 28.2 Å². The van der Waals surface area contributed by atoms with Gasteiger partial charge in [-0.2, -0.15) is 0 Å². The van der Waals surface area contributed by atoms with Gasteiger partial charge in [0, 0.05) is 37.3 Å². The van der Waals surface area contributed by atoms with Crippen LogP contribution in [0.4, 0.5) is 0 Å². The van der Waals surface area contributed by atoms with Gasteiger partial charge in [-0.15, -0.1) is 0 Å². The van der Waals surface area contributed by atoms with Crippen molar-refractivity contribution in [2.75, 3.05) is 26.7 Å². The van der Waals surface area contributed by atoms with E-state index in [-0.39, 0.29) is 0 Å². The van der Waals surface area contributed by atoms with E-state index >= 15 is 0 Å². The van der Waals surface area contributed by atoms with Gasteiger partial charge >= 0.3 is 0 Å². The molecule has 0 aliphatic carbocycles. The molecule has 1 aliphatic heterocycles. The smallest absolute Gasteiger partial charge is 0.0702 e. The zero-order valence-corrected chi connectivity index (χ0v) is 11.0. The molecule has 18 heavy (non-hydrogen) atoms. The van der Waals surface area contributed by atoms with Gasteiger partial charge in [0.05, 0.1) is 5.52 Å². The fourth-order valence-corrected chi connectivity index (χ4v) is 2.58. The summed E-state index contributed by atoms with van der Waals surface area (Å²) >= 11 is 0. The highest BCUT2D eigenvalue weighted by molar-refractivity contribution is 5.79. The fraction of sp³-hybridized carbons (Fsp3) is 0.400. The molecular formula is C15H19N3. The van der Waals surface area contributed by atoms with Crippen molar-refractivity contribution in [3.05, 3.63) is 41.6 Å². The Morgan fingerprint density at radius 1 is 1.33 bits per heavy atom. The number of likely N-dealkylation sites (N-methyl/N-ethyl adjacent to an activating group) is 1. The number of hydrogen-bond acceptors (Lipinski definition) is 3. The summed E-state index contributed by atoms with van der Waals surface area (Å²) in [6, 6.07) is 9.09. The Morgan fingerprint density at radius 2 is 2.22 bits per heavy atom. The largest absolute Gasteiger partial charge is 0.308 e. The monoisotopic (exact) mass is 241 g/mol. The van der Waals surface area contributed by atoms with Crippen LogP contribution in [0.2, 0.25) is 0 Å². The van der Waals surface area contributed by atoms with E-state index in [0.717, 1.165) is 25.2 Å². The molecule has 0 spiro atoms. The maximum Gasteiger partial charge on any atom is 0.0702 e. The van der Waals surface area contributed by atoms with Crippen LogP contribution in [0.3, 0.4) is 0 Å². The molecule has 3 heteroatoms. The number of pyridine rings is 1. The number of benzene rings is 1. The first-order valence-corrected chi connectivity index (χ1v) is 6.50. The number of aryl methyl sites for hydroxylation is 1. The molecule has 1 N–H and O–H groups in total. The Bertz CT molecular complexity index is 565. The van der Waals surface area contributed by atoms with E-state index in [4.69, 9.17) is 0 Å². The van der Waals surface area contributed by atoms with Crippen LogP contribution in [0, 0.1) is 6.92 Å². The van der Waals surface area contributed by atoms with E-state index in [9.17, 15) is 0 Å². The summed E-state index contributed by atoms with van der Waals surface area (Å²) in [6.07, 6.45) is 2.01. The van der Waals surface area contributed by atoms with Gasteiger partial charge in [-0.25, -0.2) is 0 Å². The standard InChI is InChI=1S/C15H19N3/c1-11-3-4-14-12(7-11)8-13(9-17-14)15-10-18(2)6-5-16-15/h3-4,7-9,15-16H,5-6,10H2,1-2H3. The summed E-state index contributed by atoms with van der Waals surface area (Å²) in [4.78, 5) is 6.93. The average Bonchev–Trinajstić information content (AvgIpc) is 2.38. The molecule has 2 aromatic rings. The summed E-state index contributed by atoms with van der Waals surface area (Å²) in [5.74, 6) is 0. The van der Waals surface area contributed by atoms with Crippen molar-refractivity contribution in [1.82, 2.24) is 15.2 Å². The number of piperazine rings is 1. The van der Waals surface area contributed by atoms with Gasteiger partial charge in [0.2, 0.25) is 0 Å². The fourth-order valence-electron chi connectivity index (χ4n) is 2.58. The van der Waals surface area contributed by atoms with Gasteiger partial charge in [-0.1, -0.05) is 11.6 Å². The summed E-state index contributed by atoms with van der Waals surface area (Å²) in [5, 5.41) is 4.80. The molecule has 1 unspecified atom stereocenters. The molecule has 94 valence electrons. The highest BCUT2D eigenvalue weighted by Crippen LogP contribution is 2.21. The molecule has 1 atom stereocenters. The molecule has 1 aromatic heterocycles. The Morgan fingerprint density at radius 3 is 3.06 bits per heavy atom. The van der Waals surface area contributed by atoms with Crippen LogP contribution in [0.5, 0.6) is 0 Å². The first-order valence-electron chi connectivity index (χ1n) is 6.50. The third-order valence-corrected chi connectivity index (χ3v) is 3.64. The zero-order chi connectivity index (χ0) is 12.5. The van der Waals surface area contributed by atoms with E-state index in [2.05, 4.69) is 53.4 Å². The number of fused-ring (bicyclic) bond motifs is 1. The second-order valence-corrected chi connectivity index (χ2v) is 5.23. The van der Waals surface area contributed by atoms with Crippen molar-refractivity contribution >= 4 is 10.9 Å². The van der Waals surface area contributed by atoms with Crippen molar-refractivity contribution < 1.29 is 0 Å². The Kier molecular flexibility index (Phi) is 3.02. The van der Waals surface area contributed by atoms with Crippen LogP contribution in [0.15, 0.2) is 30.5 Å². The Hall–Kier alpha value is -1.45. The van der Waals surface area contributed by atoms with Crippen LogP contribution >= 0.6 is 0 Å². The lowest BCUT2D eigenvalue weighted by atomic mass is 10.0. The quantitative estimate of drug-likeness (QED) is 0.829. The van der Waals surface area contributed by atoms with Crippen LogP contribution < -0.4 is 5.32 Å². The molecule has 0 radical (unpaired) electrons. The summed E-state index contributed by atoms with van der Waals surface area (Å²) in [7, 11) is 2.17. The number of aromatic nitrogens is 1. The molecule has 3 nitrogen and oxygen atoms in total. The third kappa shape index (κ3) is 2.24. The van der Waals surface area contributed by atoms with E-state index in [1.807, 2.05) is 6.20 Å².